The molecule has 0 radical (unpaired) electrons. The normalized spacial score (nSPS) is 19.9. The van der Waals surface area contributed by atoms with Gasteiger partial charge in [-0.15, -0.1) is 5.10 Å². The lowest BCUT2D eigenvalue weighted by Crippen LogP contribution is -2.43. The van der Waals surface area contributed by atoms with Crippen molar-refractivity contribution in [1.29, 1.82) is 0 Å². The lowest BCUT2D eigenvalue weighted by atomic mass is 10.2. The minimum absolute atomic E-state index is 0.476. The third-order valence-electron chi connectivity index (χ3n) is 2.53. The third kappa shape index (κ3) is 1.81. The minimum atomic E-state index is 0.476. The summed E-state index contributed by atoms with van der Waals surface area (Å²) in [4.78, 5) is 2.09. The van der Waals surface area contributed by atoms with Gasteiger partial charge >= 0.3 is 0 Å². The Bertz CT molecular complexity index is 160. The molecule has 4 N–H and O–H groups in total. The van der Waals surface area contributed by atoms with Crippen molar-refractivity contribution in [2.45, 2.75) is 38.6 Å². The molecule has 0 saturated heterocycles. The molecule has 0 unspecified atom stereocenters. The molecule has 1 rings (SSSR count). The molecule has 12 heavy (non-hydrogen) atoms. The van der Waals surface area contributed by atoms with Crippen LogP contribution in [0.2, 0.25) is 0 Å². The molecular formula is C8H18N4. The Morgan fingerprint density at radius 1 is 1.50 bits per heavy atom. The molecular weight excluding hydrogens is 152 g/mol. The van der Waals surface area contributed by atoms with Gasteiger partial charge in [0.15, 0.2) is 0 Å². The molecule has 0 bridgehead atoms. The molecule has 1 saturated carbocycles. The summed E-state index contributed by atoms with van der Waals surface area (Å²) in [7, 11) is 0. The lowest BCUT2D eigenvalue weighted by Gasteiger charge is -2.27. The molecule has 4 nitrogen and oxygen atoms in total. The second-order valence-corrected chi connectivity index (χ2v) is 3.21. The summed E-state index contributed by atoms with van der Waals surface area (Å²) in [6.07, 6.45) is 5.06. The van der Waals surface area contributed by atoms with Crippen molar-refractivity contribution in [3.8, 4) is 0 Å². The first kappa shape index (κ1) is 9.16. The fraction of sp³-hybridized carbons (Fsp3) is 0.875. The summed E-state index contributed by atoms with van der Waals surface area (Å²) >= 11 is 0. The van der Waals surface area contributed by atoms with Crippen LogP contribution in [0.25, 0.3) is 0 Å². The fourth-order valence-electron chi connectivity index (χ4n) is 1.90. The molecule has 1 aliphatic rings. The summed E-state index contributed by atoms with van der Waals surface area (Å²) in [5.41, 5.74) is 5.66. The Hall–Kier alpha value is -0.930. The predicted octanol–water partition coefficient (Wildman–Crippen LogP) is 0.439. The van der Waals surface area contributed by atoms with Crippen LogP contribution < -0.4 is 11.6 Å². The summed E-state index contributed by atoms with van der Waals surface area (Å²) in [6, 6.07) is 0.572. The van der Waals surface area contributed by atoms with Crippen molar-refractivity contribution in [3.05, 3.63) is 0 Å². The largest absolute Gasteiger partial charge is 0.368 e. The zero-order chi connectivity index (χ0) is 8.97. The van der Waals surface area contributed by atoms with Crippen LogP contribution in [0.1, 0.15) is 32.6 Å². The second kappa shape index (κ2) is 4.18. The number of nitrogens with zero attached hydrogens (tertiary/aromatic N) is 2. The highest BCUT2D eigenvalue weighted by atomic mass is 15.3. The van der Waals surface area contributed by atoms with Gasteiger partial charge in [-0.25, -0.2) is 0 Å². The number of rotatable bonds is 2. The van der Waals surface area contributed by atoms with E-state index in [2.05, 4.69) is 16.9 Å². The molecule has 0 atom stereocenters. The van der Waals surface area contributed by atoms with Crippen LogP contribution in [0.5, 0.6) is 0 Å². The van der Waals surface area contributed by atoms with Gasteiger partial charge in [-0.2, -0.15) is 0 Å². The second-order valence-electron chi connectivity index (χ2n) is 3.21. The maximum atomic E-state index is 5.66. The van der Waals surface area contributed by atoms with Crippen LogP contribution in [0.15, 0.2) is 5.10 Å². The van der Waals surface area contributed by atoms with Gasteiger partial charge in [0.05, 0.1) is 0 Å². The van der Waals surface area contributed by atoms with E-state index in [1.54, 1.807) is 0 Å². The van der Waals surface area contributed by atoms with Crippen molar-refractivity contribution < 1.29 is 0 Å². The third-order valence-corrected chi connectivity index (χ3v) is 2.53. The Morgan fingerprint density at radius 2 is 2.08 bits per heavy atom. The van der Waals surface area contributed by atoms with Gasteiger partial charge in [0.25, 0.3) is 0 Å². The molecule has 0 aliphatic heterocycles. The van der Waals surface area contributed by atoms with Crippen molar-refractivity contribution in [1.82, 2.24) is 4.90 Å². The van der Waals surface area contributed by atoms with Crippen LogP contribution in [0.4, 0.5) is 0 Å². The number of nitrogens with two attached hydrogens (primary N) is 2. The van der Waals surface area contributed by atoms with E-state index in [9.17, 15) is 0 Å². The Balaban J connectivity index is 2.54. The number of hydrogen-bond donors (Lipinski definition) is 2. The average molecular weight is 170 g/mol. The van der Waals surface area contributed by atoms with Gasteiger partial charge in [-0.3, -0.25) is 0 Å². The van der Waals surface area contributed by atoms with Crippen LogP contribution in [0.3, 0.4) is 0 Å². The zero-order valence-corrected chi connectivity index (χ0v) is 7.66. The molecule has 1 aliphatic carbocycles. The van der Waals surface area contributed by atoms with Crippen LogP contribution >= 0.6 is 0 Å². The van der Waals surface area contributed by atoms with Gasteiger partial charge in [0.1, 0.15) is 0 Å². The lowest BCUT2D eigenvalue weighted by molar-refractivity contribution is 0.324. The molecule has 0 spiro atoms. The monoisotopic (exact) mass is 170 g/mol. The quantitative estimate of drug-likeness (QED) is 0.273. The van der Waals surface area contributed by atoms with Crippen LogP contribution in [-0.4, -0.2) is 23.4 Å². The number of guanidine groups is 1. The molecule has 0 aromatic rings. The Labute approximate surface area is 73.6 Å². The Morgan fingerprint density at radius 3 is 2.50 bits per heavy atom. The standard InChI is InChI=1S/C8H18N4/c1-2-12(8(9)11-10)7-5-3-4-6-7/h7H,2-6,10H2,1H3,(H2,9,11). The van der Waals surface area contributed by atoms with Crippen LogP contribution in [0, 0.1) is 0 Å². The predicted molar refractivity (Wildman–Crippen MR) is 50.4 cm³/mol. The van der Waals surface area contributed by atoms with Crippen molar-refractivity contribution in [2.75, 3.05) is 6.54 Å². The first-order valence-electron chi connectivity index (χ1n) is 4.59. The number of hydrazone groups is 1. The van der Waals surface area contributed by atoms with Crippen LogP contribution in [-0.2, 0) is 0 Å². The smallest absolute Gasteiger partial charge is 0.213 e. The van der Waals surface area contributed by atoms with Crippen molar-refractivity contribution >= 4 is 5.96 Å². The SMILES string of the molecule is CCN(C(N)=NN)C1CCCC1. The van der Waals surface area contributed by atoms with E-state index in [1.807, 2.05) is 0 Å². The molecule has 70 valence electrons. The van der Waals surface area contributed by atoms with Crippen molar-refractivity contribution in [2.24, 2.45) is 16.7 Å². The summed E-state index contributed by atoms with van der Waals surface area (Å²) in [6.45, 7) is 2.98. The molecule has 0 heterocycles. The van der Waals surface area contributed by atoms with E-state index >= 15 is 0 Å². The zero-order valence-electron chi connectivity index (χ0n) is 7.66. The van der Waals surface area contributed by atoms with Gasteiger partial charge < -0.3 is 16.5 Å². The molecule has 1 fully saturated rings. The molecule has 0 amide bonds. The first-order valence-corrected chi connectivity index (χ1v) is 4.59. The highest BCUT2D eigenvalue weighted by Crippen LogP contribution is 2.22. The van der Waals surface area contributed by atoms with E-state index in [0.29, 0.717) is 12.0 Å². The highest BCUT2D eigenvalue weighted by Gasteiger charge is 2.22. The van der Waals surface area contributed by atoms with E-state index in [-0.39, 0.29) is 0 Å². The van der Waals surface area contributed by atoms with E-state index in [1.165, 1.54) is 25.7 Å². The summed E-state index contributed by atoms with van der Waals surface area (Å²) in [5.74, 6) is 5.61. The van der Waals surface area contributed by atoms with Gasteiger partial charge in [-0.1, -0.05) is 12.8 Å². The maximum Gasteiger partial charge on any atom is 0.213 e. The fourth-order valence-corrected chi connectivity index (χ4v) is 1.90. The minimum Gasteiger partial charge on any atom is -0.368 e. The maximum absolute atomic E-state index is 5.66. The van der Waals surface area contributed by atoms with Gasteiger partial charge in [-0.05, 0) is 19.8 Å². The van der Waals surface area contributed by atoms with E-state index in [0.717, 1.165) is 6.54 Å². The number of hydrogen-bond acceptors (Lipinski definition) is 2. The molecule has 4 heteroatoms. The topological polar surface area (TPSA) is 67.6 Å². The first-order chi connectivity index (χ1) is 5.79. The van der Waals surface area contributed by atoms with Gasteiger partial charge in [0.2, 0.25) is 5.96 Å². The summed E-state index contributed by atoms with van der Waals surface area (Å²) < 4.78 is 0. The Kier molecular flexibility index (Phi) is 3.19. The highest BCUT2D eigenvalue weighted by molar-refractivity contribution is 5.78. The summed E-state index contributed by atoms with van der Waals surface area (Å²) in [5, 5.41) is 3.52. The van der Waals surface area contributed by atoms with Gasteiger partial charge in [0, 0.05) is 12.6 Å². The molecule has 0 aromatic heterocycles. The van der Waals surface area contributed by atoms with E-state index < -0.39 is 0 Å². The van der Waals surface area contributed by atoms with Crippen molar-refractivity contribution in [3.63, 3.8) is 0 Å². The van der Waals surface area contributed by atoms with E-state index in [4.69, 9.17) is 11.6 Å². The average Bonchev–Trinajstić information content (AvgIpc) is 2.58. The molecule has 0 aromatic carbocycles.